The van der Waals surface area contributed by atoms with Gasteiger partial charge in [0.25, 0.3) is 0 Å². The zero-order chi connectivity index (χ0) is 12.5. The van der Waals surface area contributed by atoms with E-state index in [2.05, 4.69) is 17.7 Å². The van der Waals surface area contributed by atoms with Crippen LogP contribution in [0.4, 0.5) is 0 Å². The molecule has 1 aliphatic rings. The van der Waals surface area contributed by atoms with Gasteiger partial charge in [-0.15, -0.1) is 0 Å². The summed E-state index contributed by atoms with van der Waals surface area (Å²) in [4.78, 5) is 22.3. The lowest BCUT2D eigenvalue weighted by Crippen LogP contribution is -2.53. The molecule has 5 nitrogen and oxygen atoms in total. The summed E-state index contributed by atoms with van der Waals surface area (Å²) in [5.41, 5.74) is 3.12. The van der Waals surface area contributed by atoms with E-state index in [-0.39, 0.29) is 12.1 Å². The van der Waals surface area contributed by atoms with Gasteiger partial charge < -0.3 is 5.32 Å². The molecule has 0 saturated carbocycles. The Morgan fingerprint density at radius 3 is 2.94 bits per heavy atom. The summed E-state index contributed by atoms with van der Waals surface area (Å²) in [6, 6.07) is 0. The van der Waals surface area contributed by atoms with E-state index in [9.17, 15) is 9.59 Å². The Labute approximate surface area is 103 Å². The fourth-order valence-corrected chi connectivity index (χ4v) is 1.98. The van der Waals surface area contributed by atoms with Crippen LogP contribution in [-0.2, 0) is 9.59 Å². The summed E-state index contributed by atoms with van der Waals surface area (Å²) < 4.78 is 0. The minimum absolute atomic E-state index is 0.130. The summed E-state index contributed by atoms with van der Waals surface area (Å²) in [5, 5.41) is 4.39. The van der Waals surface area contributed by atoms with Crippen molar-refractivity contribution in [2.24, 2.45) is 0 Å². The van der Waals surface area contributed by atoms with Gasteiger partial charge in [-0.2, -0.15) is 0 Å². The molecule has 1 fully saturated rings. The minimum Gasteiger partial charge on any atom is -0.342 e. The lowest BCUT2D eigenvalue weighted by molar-refractivity contribution is -0.135. The van der Waals surface area contributed by atoms with Crippen molar-refractivity contribution in [1.82, 2.24) is 15.8 Å². The van der Waals surface area contributed by atoms with Gasteiger partial charge >= 0.3 is 0 Å². The first kappa shape index (κ1) is 14.0. The first-order valence-electron chi connectivity index (χ1n) is 6.54. The van der Waals surface area contributed by atoms with E-state index in [0.29, 0.717) is 12.8 Å². The molecule has 1 saturated heterocycles. The minimum atomic E-state index is -0.130. The van der Waals surface area contributed by atoms with Crippen LogP contribution >= 0.6 is 0 Å². The fraction of sp³-hybridized carbons (Fsp3) is 0.833. The number of hydrogen-bond acceptors (Lipinski definition) is 3. The van der Waals surface area contributed by atoms with E-state index in [1.807, 2.05) is 0 Å². The average molecular weight is 241 g/mol. The normalized spacial score (nSPS) is 18.6. The van der Waals surface area contributed by atoms with E-state index in [1.54, 1.807) is 5.01 Å². The Balaban J connectivity index is 2.44. The molecule has 0 radical (unpaired) electrons. The van der Waals surface area contributed by atoms with Gasteiger partial charge in [0.1, 0.15) is 0 Å². The molecule has 2 amide bonds. The molecule has 0 aromatic heterocycles. The van der Waals surface area contributed by atoms with Crippen molar-refractivity contribution >= 4 is 12.3 Å². The van der Waals surface area contributed by atoms with Gasteiger partial charge in [0.05, 0.1) is 6.17 Å². The van der Waals surface area contributed by atoms with Crippen molar-refractivity contribution in [1.29, 1.82) is 0 Å². The van der Waals surface area contributed by atoms with Crippen molar-refractivity contribution in [3.63, 3.8) is 0 Å². The third-order valence-electron chi connectivity index (χ3n) is 3.00. The average Bonchev–Trinajstić information content (AvgIpc) is 2.52. The molecule has 1 rings (SSSR count). The van der Waals surface area contributed by atoms with Crippen molar-refractivity contribution in [3.8, 4) is 0 Å². The number of unbranched alkanes of at least 4 members (excludes halogenated alkanes) is 1. The standard InChI is InChI=1S/C12H23N3O2/c1-2-3-7-11(13-10-16)14-15-9-6-4-5-8-12(15)17/h10-11,14H,2-9H2,1H3,(H,13,16). The van der Waals surface area contributed by atoms with Gasteiger partial charge in [-0.05, 0) is 19.3 Å². The number of hydrazine groups is 1. The van der Waals surface area contributed by atoms with Crippen molar-refractivity contribution in [3.05, 3.63) is 0 Å². The monoisotopic (exact) mass is 241 g/mol. The van der Waals surface area contributed by atoms with Crippen molar-refractivity contribution in [2.75, 3.05) is 6.54 Å². The Morgan fingerprint density at radius 2 is 2.24 bits per heavy atom. The van der Waals surface area contributed by atoms with Gasteiger partial charge in [-0.3, -0.25) is 14.6 Å². The quantitative estimate of drug-likeness (QED) is 0.519. The Hall–Kier alpha value is -1.10. The zero-order valence-corrected chi connectivity index (χ0v) is 10.6. The Morgan fingerprint density at radius 1 is 1.41 bits per heavy atom. The predicted octanol–water partition coefficient (Wildman–Crippen LogP) is 1.16. The van der Waals surface area contributed by atoms with Gasteiger partial charge in [-0.1, -0.05) is 26.2 Å². The topological polar surface area (TPSA) is 61.4 Å². The zero-order valence-electron chi connectivity index (χ0n) is 10.6. The molecule has 0 aromatic rings. The van der Waals surface area contributed by atoms with Crippen LogP contribution in [0, 0.1) is 0 Å². The van der Waals surface area contributed by atoms with Gasteiger partial charge in [-0.25, -0.2) is 5.43 Å². The lowest BCUT2D eigenvalue weighted by Gasteiger charge is -2.27. The second-order valence-electron chi connectivity index (χ2n) is 4.46. The number of carbonyl (C=O) groups excluding carboxylic acids is 2. The van der Waals surface area contributed by atoms with E-state index in [4.69, 9.17) is 0 Å². The van der Waals surface area contributed by atoms with Crippen LogP contribution < -0.4 is 10.7 Å². The number of amides is 2. The maximum absolute atomic E-state index is 11.8. The number of hydrogen-bond donors (Lipinski definition) is 2. The highest BCUT2D eigenvalue weighted by atomic mass is 16.2. The molecule has 0 aromatic carbocycles. The molecule has 1 unspecified atom stereocenters. The molecule has 0 bridgehead atoms. The first-order valence-corrected chi connectivity index (χ1v) is 6.54. The predicted molar refractivity (Wildman–Crippen MR) is 65.8 cm³/mol. The highest BCUT2D eigenvalue weighted by Gasteiger charge is 2.19. The third kappa shape index (κ3) is 5.17. The molecular formula is C12H23N3O2. The lowest BCUT2D eigenvalue weighted by atomic mass is 10.2. The summed E-state index contributed by atoms with van der Waals surface area (Å²) in [6.07, 6.45) is 7.22. The van der Waals surface area contributed by atoms with E-state index >= 15 is 0 Å². The molecule has 98 valence electrons. The Bertz CT molecular complexity index is 246. The number of rotatable bonds is 7. The van der Waals surface area contributed by atoms with Crippen LogP contribution in [0.5, 0.6) is 0 Å². The fourth-order valence-electron chi connectivity index (χ4n) is 1.98. The largest absolute Gasteiger partial charge is 0.342 e. The van der Waals surface area contributed by atoms with E-state index < -0.39 is 0 Å². The molecular weight excluding hydrogens is 218 g/mol. The van der Waals surface area contributed by atoms with Gasteiger partial charge in [0, 0.05) is 13.0 Å². The smallest absolute Gasteiger partial charge is 0.236 e. The first-order chi connectivity index (χ1) is 8.27. The van der Waals surface area contributed by atoms with Crippen LogP contribution in [0.2, 0.25) is 0 Å². The SMILES string of the molecule is CCCCC(NC=O)NN1CCCCCC1=O. The van der Waals surface area contributed by atoms with Gasteiger partial charge in [0.15, 0.2) is 0 Å². The van der Waals surface area contributed by atoms with E-state index in [0.717, 1.165) is 45.1 Å². The van der Waals surface area contributed by atoms with Crippen LogP contribution in [0.25, 0.3) is 0 Å². The Kier molecular flexibility index (Phi) is 6.62. The number of carbonyl (C=O) groups is 2. The second kappa shape index (κ2) is 8.06. The summed E-state index contributed by atoms with van der Waals surface area (Å²) in [6.45, 7) is 2.84. The summed E-state index contributed by atoms with van der Waals surface area (Å²) in [7, 11) is 0. The maximum Gasteiger partial charge on any atom is 0.236 e. The molecule has 5 heteroatoms. The molecule has 0 spiro atoms. The highest BCUT2D eigenvalue weighted by Crippen LogP contribution is 2.10. The highest BCUT2D eigenvalue weighted by molar-refractivity contribution is 5.75. The van der Waals surface area contributed by atoms with Crippen LogP contribution in [-0.4, -0.2) is 30.0 Å². The van der Waals surface area contributed by atoms with Crippen LogP contribution in [0.1, 0.15) is 51.9 Å². The summed E-state index contributed by atoms with van der Waals surface area (Å²) in [5.74, 6) is 0.136. The van der Waals surface area contributed by atoms with Crippen molar-refractivity contribution < 1.29 is 9.59 Å². The molecule has 0 aliphatic carbocycles. The van der Waals surface area contributed by atoms with E-state index in [1.165, 1.54) is 0 Å². The summed E-state index contributed by atoms with van der Waals surface area (Å²) >= 11 is 0. The van der Waals surface area contributed by atoms with Crippen molar-refractivity contribution in [2.45, 2.75) is 58.0 Å². The molecule has 17 heavy (non-hydrogen) atoms. The van der Waals surface area contributed by atoms with Gasteiger partial charge in [0.2, 0.25) is 12.3 Å². The molecule has 1 aliphatic heterocycles. The van der Waals surface area contributed by atoms with Crippen LogP contribution in [0.15, 0.2) is 0 Å². The molecule has 1 atom stereocenters. The molecule has 2 N–H and O–H groups in total. The number of nitrogens with one attached hydrogen (secondary N) is 2. The van der Waals surface area contributed by atoms with Crippen LogP contribution in [0.3, 0.4) is 0 Å². The molecule has 1 heterocycles. The second-order valence-corrected chi connectivity index (χ2v) is 4.46. The third-order valence-corrected chi connectivity index (χ3v) is 3.00. The maximum atomic E-state index is 11.8. The number of nitrogens with zero attached hydrogens (tertiary/aromatic N) is 1.